The summed E-state index contributed by atoms with van der Waals surface area (Å²) in [6.45, 7) is 8.07. The van der Waals surface area contributed by atoms with E-state index >= 15 is 0 Å². The summed E-state index contributed by atoms with van der Waals surface area (Å²) in [4.78, 5) is 50.9. The molecule has 2 amide bonds. The third kappa shape index (κ3) is 10.8. The Kier molecular flexibility index (Phi) is 13.4. The number of imide groups is 1. The van der Waals surface area contributed by atoms with Gasteiger partial charge in [0.15, 0.2) is 0 Å². The average molecular weight is 678 g/mol. The van der Waals surface area contributed by atoms with Gasteiger partial charge in [-0.1, -0.05) is 24.3 Å². The average Bonchev–Trinajstić information content (AvgIpc) is 3.36. The first kappa shape index (κ1) is 37.4. The Morgan fingerprint density at radius 3 is 1.42 bits per heavy atom. The number of nitrogens with zero attached hydrogens (tertiary/aromatic N) is 1. The van der Waals surface area contributed by atoms with Gasteiger partial charge in [0.1, 0.15) is 0 Å². The summed E-state index contributed by atoms with van der Waals surface area (Å²) in [7, 11) is 0. The van der Waals surface area contributed by atoms with E-state index in [0.29, 0.717) is 17.5 Å². The lowest BCUT2D eigenvalue weighted by Gasteiger charge is -2.13. The van der Waals surface area contributed by atoms with Gasteiger partial charge in [0.2, 0.25) is 34.8 Å². The molecule has 0 unspecified atom stereocenters. The molecule has 1 saturated heterocycles. The number of hydroxylamine groups is 2. The molecule has 1 heterocycles. The Hall–Kier alpha value is -5.01. The minimum atomic E-state index is -2.31. The number of hydrogen-bond donors (Lipinski definition) is 2. The molecule has 0 saturated carbocycles. The molecule has 0 aromatic heterocycles. The van der Waals surface area contributed by atoms with Crippen molar-refractivity contribution in [3.63, 3.8) is 0 Å². The number of benzene rings is 3. The highest BCUT2D eigenvalue weighted by Gasteiger charge is 2.32. The van der Waals surface area contributed by atoms with Crippen molar-refractivity contribution in [2.45, 2.75) is 78.3 Å². The predicted octanol–water partition coefficient (Wildman–Crippen LogP) is 6.79. The lowest BCUT2D eigenvalue weighted by Crippen LogP contribution is -2.32. The maximum atomic E-state index is 13.5. The molecule has 1 fully saturated rings. The van der Waals surface area contributed by atoms with Gasteiger partial charge in [0.05, 0.1) is 6.42 Å². The Morgan fingerprint density at radius 2 is 1.02 bits per heavy atom. The van der Waals surface area contributed by atoms with Crippen molar-refractivity contribution >= 4 is 35.1 Å². The highest BCUT2D eigenvalue weighted by molar-refractivity contribution is 6.01. The zero-order valence-corrected chi connectivity index (χ0v) is 26.8. The van der Waals surface area contributed by atoms with Gasteiger partial charge in [-0.3, -0.25) is 14.4 Å². The zero-order valence-electron chi connectivity index (χ0n) is 26.8. The third-order valence-corrected chi connectivity index (χ3v) is 6.64. The molecule has 3 aromatic rings. The normalized spacial score (nSPS) is 12.6. The molecule has 2 N–H and O–H groups in total. The van der Waals surface area contributed by atoms with E-state index in [1.807, 2.05) is 38.1 Å². The van der Waals surface area contributed by atoms with E-state index in [0.717, 1.165) is 22.5 Å². The van der Waals surface area contributed by atoms with Crippen molar-refractivity contribution in [3.8, 4) is 5.75 Å². The summed E-state index contributed by atoms with van der Waals surface area (Å²) in [5, 5.41) is 7.04. The predicted molar refractivity (Wildman–Crippen MR) is 166 cm³/mol. The van der Waals surface area contributed by atoms with E-state index < -0.39 is 58.6 Å². The first-order valence-electron chi connectivity index (χ1n) is 15.2. The van der Waals surface area contributed by atoms with Crippen molar-refractivity contribution in [2.75, 3.05) is 10.6 Å². The number of halogens is 5. The Labute approximate surface area is 274 Å². The van der Waals surface area contributed by atoms with Gasteiger partial charge in [-0.2, -0.15) is 8.78 Å². The molecule has 0 atom stereocenters. The van der Waals surface area contributed by atoms with E-state index in [-0.39, 0.29) is 38.1 Å². The smallest absolute Gasteiger partial charge is 0.333 e. The van der Waals surface area contributed by atoms with Crippen LogP contribution in [0.5, 0.6) is 5.75 Å². The molecule has 0 bridgehead atoms. The number of aryl methyl sites for hydroxylation is 2. The highest BCUT2D eigenvalue weighted by Crippen LogP contribution is 2.29. The molecule has 0 radical (unpaired) electrons. The van der Waals surface area contributed by atoms with Crippen molar-refractivity contribution in [1.82, 2.24) is 5.06 Å². The van der Waals surface area contributed by atoms with Crippen molar-refractivity contribution in [3.05, 3.63) is 88.7 Å². The summed E-state index contributed by atoms with van der Waals surface area (Å²) < 4.78 is 70.4. The number of ether oxygens (including phenoxy) is 1. The molecule has 0 aliphatic carbocycles. The van der Waals surface area contributed by atoms with Crippen molar-refractivity contribution in [1.29, 1.82) is 0 Å². The van der Waals surface area contributed by atoms with E-state index in [4.69, 9.17) is 4.84 Å². The van der Waals surface area contributed by atoms with Crippen LogP contribution in [-0.4, -0.2) is 40.9 Å². The van der Waals surface area contributed by atoms with Crippen LogP contribution in [-0.2, 0) is 36.9 Å². The Morgan fingerprint density at radius 1 is 0.646 bits per heavy atom. The molecule has 4 rings (SSSR count). The van der Waals surface area contributed by atoms with Crippen LogP contribution < -0.4 is 15.4 Å². The molecule has 1 aliphatic heterocycles. The molecule has 258 valence electrons. The van der Waals surface area contributed by atoms with Crippen LogP contribution in [0.1, 0.15) is 64.5 Å². The number of amides is 2. The monoisotopic (exact) mass is 677 g/mol. The van der Waals surface area contributed by atoms with Gasteiger partial charge in [0, 0.05) is 42.7 Å². The number of rotatable bonds is 12. The first-order chi connectivity index (χ1) is 22.7. The summed E-state index contributed by atoms with van der Waals surface area (Å²) >= 11 is 0. The number of nitrogens with one attached hydrogen (secondary N) is 2. The molecular weight excluding hydrogens is 641 g/mol. The van der Waals surface area contributed by atoms with E-state index in [1.165, 1.54) is 0 Å². The molecule has 0 spiro atoms. The van der Waals surface area contributed by atoms with Crippen molar-refractivity contribution in [2.24, 2.45) is 0 Å². The number of esters is 1. The topological polar surface area (TPSA) is 114 Å². The second-order valence-corrected chi connectivity index (χ2v) is 11.4. The Bertz CT molecular complexity index is 1570. The van der Waals surface area contributed by atoms with Crippen LogP contribution in [0.2, 0.25) is 0 Å². The van der Waals surface area contributed by atoms with Crippen LogP contribution in [0.15, 0.2) is 48.5 Å². The molecular formula is C34H36F5N3O6. The minimum Gasteiger partial charge on any atom is -0.420 e. The Balaban J connectivity index is 0.000000264. The van der Waals surface area contributed by atoms with Gasteiger partial charge < -0.3 is 20.2 Å². The van der Waals surface area contributed by atoms with Crippen LogP contribution in [0.4, 0.5) is 33.3 Å². The number of carbonyl (C=O) groups is 4. The third-order valence-electron chi connectivity index (χ3n) is 6.64. The highest BCUT2D eigenvalue weighted by atomic mass is 19.2. The quantitative estimate of drug-likeness (QED) is 0.0539. The standard InChI is InChI=1S/C18H16F5NO2.C16H20N2O4/c1-9(2)24-11-6-3-10(4-7-11)5-8-12(25)26-18-16(22)14(20)13(19)15(21)17(18)23;1-11(2)17-13-6-3-12(4-7-13)5-10-16(21)22-18-14(19)8-9-15(18)20/h3-4,6-7,9,24H,5,8H2,1-2H3;3-4,6-7,11,17H,5,8-10H2,1-2H3. The fourth-order valence-corrected chi connectivity index (χ4v) is 4.34. The first-order valence-corrected chi connectivity index (χ1v) is 15.2. The van der Waals surface area contributed by atoms with Gasteiger partial charge >= 0.3 is 11.9 Å². The summed E-state index contributed by atoms with van der Waals surface area (Å²) in [5.74, 6) is -15.2. The summed E-state index contributed by atoms with van der Waals surface area (Å²) in [6, 6.07) is 15.5. The fourth-order valence-electron chi connectivity index (χ4n) is 4.34. The number of anilines is 2. The maximum Gasteiger partial charge on any atom is 0.333 e. The summed E-state index contributed by atoms with van der Waals surface area (Å²) in [6.07, 6.45) is 0.713. The minimum absolute atomic E-state index is 0.108. The summed E-state index contributed by atoms with van der Waals surface area (Å²) in [5.41, 5.74) is 3.64. The van der Waals surface area contributed by atoms with E-state index in [2.05, 4.69) is 29.2 Å². The fraction of sp³-hybridized carbons (Fsp3) is 0.353. The van der Waals surface area contributed by atoms with Crippen LogP contribution in [0, 0.1) is 29.1 Å². The molecule has 48 heavy (non-hydrogen) atoms. The van der Waals surface area contributed by atoms with Crippen molar-refractivity contribution < 1.29 is 50.7 Å². The number of hydrogen-bond acceptors (Lipinski definition) is 8. The van der Waals surface area contributed by atoms with Gasteiger partial charge in [-0.05, 0) is 75.9 Å². The SMILES string of the molecule is CC(C)Nc1ccc(CCC(=O)ON2C(=O)CCC2=O)cc1.CC(C)Nc1ccc(CCC(=O)Oc2c(F)c(F)c(F)c(F)c2F)cc1. The molecule has 3 aromatic carbocycles. The second-order valence-electron chi connectivity index (χ2n) is 11.4. The zero-order chi connectivity index (χ0) is 35.5. The lowest BCUT2D eigenvalue weighted by atomic mass is 10.1. The molecule has 1 aliphatic rings. The van der Waals surface area contributed by atoms with E-state index in [1.54, 1.807) is 24.3 Å². The lowest BCUT2D eigenvalue weighted by molar-refractivity contribution is -0.197. The van der Waals surface area contributed by atoms with Gasteiger partial charge in [-0.15, -0.1) is 5.06 Å². The second kappa shape index (κ2) is 17.2. The molecule has 14 heteroatoms. The van der Waals surface area contributed by atoms with Crippen LogP contribution >= 0.6 is 0 Å². The maximum absolute atomic E-state index is 13.5. The van der Waals surface area contributed by atoms with Gasteiger partial charge in [0.25, 0.3) is 11.8 Å². The molecule has 9 nitrogen and oxygen atoms in total. The van der Waals surface area contributed by atoms with Crippen LogP contribution in [0.3, 0.4) is 0 Å². The van der Waals surface area contributed by atoms with E-state index in [9.17, 15) is 41.1 Å². The van der Waals surface area contributed by atoms with Crippen LogP contribution in [0.25, 0.3) is 0 Å². The largest absolute Gasteiger partial charge is 0.420 e. The van der Waals surface area contributed by atoms with Gasteiger partial charge in [-0.25, -0.2) is 18.0 Å². The number of carbonyl (C=O) groups excluding carboxylic acids is 4.